The Labute approximate surface area is 181 Å². The largest absolute Gasteiger partial charge is 0.379 e. The molecule has 162 valence electrons. The highest BCUT2D eigenvalue weighted by Crippen LogP contribution is 2.21. The number of nitrogens with one attached hydrogen (secondary N) is 1. The maximum absolute atomic E-state index is 12.9. The summed E-state index contributed by atoms with van der Waals surface area (Å²) in [7, 11) is -3.69. The van der Waals surface area contributed by atoms with Gasteiger partial charge in [-0.1, -0.05) is 23.8 Å². The zero-order valence-electron chi connectivity index (χ0n) is 17.4. The Hall–Kier alpha value is -3.01. The topological polar surface area (TPSA) is 93.5 Å². The monoisotopic (exact) mass is 440 g/mol. The normalized spacial score (nSPS) is 15.0. The number of anilines is 1. The van der Waals surface area contributed by atoms with E-state index in [9.17, 15) is 13.2 Å². The summed E-state index contributed by atoms with van der Waals surface area (Å²) in [6, 6.07) is 15.6. The van der Waals surface area contributed by atoms with Crippen molar-refractivity contribution in [1.29, 1.82) is 0 Å². The molecule has 1 aliphatic rings. The predicted molar refractivity (Wildman–Crippen MR) is 117 cm³/mol. The molecule has 31 heavy (non-hydrogen) atoms. The van der Waals surface area contributed by atoms with Gasteiger partial charge in [0.1, 0.15) is 5.82 Å². The Kier molecular flexibility index (Phi) is 5.90. The van der Waals surface area contributed by atoms with Crippen LogP contribution in [0.3, 0.4) is 0 Å². The molecule has 0 bridgehead atoms. The molecule has 1 aliphatic heterocycles. The van der Waals surface area contributed by atoms with E-state index in [1.165, 1.54) is 16.4 Å². The van der Waals surface area contributed by atoms with Crippen molar-refractivity contribution in [3.05, 3.63) is 71.4 Å². The van der Waals surface area contributed by atoms with E-state index in [2.05, 4.69) is 10.4 Å². The molecule has 1 aromatic heterocycles. The number of rotatable bonds is 5. The second kappa shape index (κ2) is 8.62. The third kappa shape index (κ3) is 4.53. The lowest BCUT2D eigenvalue weighted by Gasteiger charge is -2.26. The van der Waals surface area contributed by atoms with Crippen molar-refractivity contribution in [3.63, 3.8) is 0 Å². The van der Waals surface area contributed by atoms with Crippen LogP contribution < -0.4 is 5.32 Å². The number of hydrogen-bond donors (Lipinski definition) is 1. The number of morpholine rings is 1. The lowest BCUT2D eigenvalue weighted by atomic mass is 10.2. The zero-order valence-corrected chi connectivity index (χ0v) is 18.2. The van der Waals surface area contributed by atoms with E-state index < -0.39 is 15.9 Å². The average molecular weight is 441 g/mol. The van der Waals surface area contributed by atoms with Gasteiger partial charge in [0.25, 0.3) is 5.91 Å². The summed E-state index contributed by atoms with van der Waals surface area (Å²) < 4.78 is 34.1. The lowest BCUT2D eigenvalue weighted by molar-refractivity contribution is 0.0730. The molecule has 9 heteroatoms. The molecule has 1 saturated heterocycles. The molecule has 0 unspecified atom stereocenters. The molecule has 0 saturated carbocycles. The lowest BCUT2D eigenvalue weighted by Crippen LogP contribution is -2.40. The minimum absolute atomic E-state index is 0.0882. The van der Waals surface area contributed by atoms with Crippen LogP contribution in [0.2, 0.25) is 0 Å². The number of hydrogen-bond acceptors (Lipinski definition) is 5. The van der Waals surface area contributed by atoms with Gasteiger partial charge in [-0.15, -0.1) is 0 Å². The van der Waals surface area contributed by atoms with Crippen LogP contribution in [-0.2, 0) is 14.8 Å². The van der Waals surface area contributed by atoms with Crippen LogP contribution in [-0.4, -0.2) is 54.7 Å². The zero-order chi connectivity index (χ0) is 22.0. The van der Waals surface area contributed by atoms with Crippen molar-refractivity contribution in [1.82, 2.24) is 14.1 Å². The fourth-order valence-electron chi connectivity index (χ4n) is 3.39. The molecule has 1 amide bonds. The number of carbonyl (C=O) groups excluding carboxylic acids is 1. The fraction of sp³-hybridized carbons (Fsp3) is 0.273. The summed E-state index contributed by atoms with van der Waals surface area (Å²) in [4.78, 5) is 13.0. The number of sulfonamides is 1. The smallest absolute Gasteiger partial charge is 0.256 e. The molecular weight excluding hydrogens is 416 g/mol. The van der Waals surface area contributed by atoms with Gasteiger partial charge in [0.15, 0.2) is 0 Å². The molecule has 0 aliphatic carbocycles. The number of benzene rings is 2. The van der Waals surface area contributed by atoms with Crippen LogP contribution in [0.25, 0.3) is 5.69 Å². The summed E-state index contributed by atoms with van der Waals surface area (Å²) in [5.41, 5.74) is 2.94. The molecule has 2 heterocycles. The first-order chi connectivity index (χ1) is 14.8. The first-order valence-corrected chi connectivity index (χ1v) is 11.4. The van der Waals surface area contributed by atoms with Crippen LogP contribution in [0.15, 0.2) is 59.5 Å². The van der Waals surface area contributed by atoms with Crippen molar-refractivity contribution in [2.24, 2.45) is 0 Å². The number of aromatic nitrogens is 2. The van der Waals surface area contributed by atoms with E-state index in [4.69, 9.17) is 4.74 Å². The molecule has 8 nitrogen and oxygen atoms in total. The highest BCUT2D eigenvalue weighted by atomic mass is 32.2. The van der Waals surface area contributed by atoms with E-state index in [0.717, 1.165) is 16.9 Å². The predicted octanol–water partition coefficient (Wildman–Crippen LogP) is 2.76. The minimum atomic E-state index is -3.69. The summed E-state index contributed by atoms with van der Waals surface area (Å²) in [5, 5.41) is 7.31. The number of aryl methyl sites for hydroxylation is 2. The third-order valence-electron chi connectivity index (χ3n) is 5.06. The molecular formula is C22H24N4O4S. The van der Waals surface area contributed by atoms with Gasteiger partial charge in [-0.05, 0) is 44.2 Å². The molecule has 1 N–H and O–H groups in total. The van der Waals surface area contributed by atoms with Crippen LogP contribution in [0.4, 0.5) is 5.82 Å². The Bertz CT molecular complexity index is 1200. The average Bonchev–Trinajstić information content (AvgIpc) is 3.15. The van der Waals surface area contributed by atoms with E-state index in [0.29, 0.717) is 32.1 Å². The van der Waals surface area contributed by atoms with Gasteiger partial charge < -0.3 is 10.1 Å². The molecule has 0 spiro atoms. The van der Waals surface area contributed by atoms with Crippen molar-refractivity contribution in [2.75, 3.05) is 31.6 Å². The van der Waals surface area contributed by atoms with E-state index in [1.54, 1.807) is 22.9 Å². The number of carbonyl (C=O) groups is 1. The second-order valence-electron chi connectivity index (χ2n) is 7.42. The fourth-order valence-corrected chi connectivity index (χ4v) is 4.85. The van der Waals surface area contributed by atoms with Gasteiger partial charge in [0.2, 0.25) is 10.0 Å². The first-order valence-electron chi connectivity index (χ1n) is 9.97. The Morgan fingerprint density at radius 3 is 2.45 bits per heavy atom. The van der Waals surface area contributed by atoms with Crippen molar-refractivity contribution < 1.29 is 17.9 Å². The van der Waals surface area contributed by atoms with Gasteiger partial charge in [0, 0.05) is 24.7 Å². The Balaban J connectivity index is 1.59. The van der Waals surface area contributed by atoms with Crippen LogP contribution in [0.1, 0.15) is 21.6 Å². The van der Waals surface area contributed by atoms with Crippen molar-refractivity contribution >= 4 is 21.7 Å². The van der Waals surface area contributed by atoms with Crippen LogP contribution in [0.5, 0.6) is 0 Å². The summed E-state index contributed by atoms with van der Waals surface area (Å²) in [6.07, 6.45) is 0. The molecule has 1 fully saturated rings. The van der Waals surface area contributed by atoms with Crippen molar-refractivity contribution in [2.45, 2.75) is 18.7 Å². The minimum Gasteiger partial charge on any atom is -0.379 e. The van der Waals surface area contributed by atoms with Gasteiger partial charge in [-0.3, -0.25) is 4.79 Å². The summed E-state index contributed by atoms with van der Waals surface area (Å²) in [6.45, 7) is 5.17. The van der Waals surface area contributed by atoms with Gasteiger partial charge >= 0.3 is 0 Å². The van der Waals surface area contributed by atoms with E-state index in [1.807, 2.05) is 38.1 Å². The van der Waals surface area contributed by atoms with Gasteiger partial charge in [-0.25, -0.2) is 13.1 Å². The molecule has 2 aromatic carbocycles. The third-order valence-corrected chi connectivity index (χ3v) is 6.95. The highest BCUT2D eigenvalue weighted by Gasteiger charge is 2.27. The Morgan fingerprint density at radius 1 is 1.03 bits per heavy atom. The number of ether oxygens (including phenoxy) is 1. The number of amides is 1. The maximum atomic E-state index is 12.9. The SMILES string of the molecule is Cc1ccc(-n2nc(C)cc2NC(=O)c2cccc(S(=O)(=O)N3CCOCC3)c2)cc1. The first kappa shape index (κ1) is 21.2. The molecule has 0 atom stereocenters. The molecule has 4 rings (SSSR count). The van der Waals surface area contributed by atoms with Gasteiger partial charge in [0.05, 0.1) is 29.5 Å². The Morgan fingerprint density at radius 2 is 1.74 bits per heavy atom. The summed E-state index contributed by atoms with van der Waals surface area (Å²) in [5.74, 6) is 0.0973. The molecule has 3 aromatic rings. The van der Waals surface area contributed by atoms with E-state index in [-0.39, 0.29) is 10.5 Å². The van der Waals surface area contributed by atoms with Crippen LogP contribution >= 0.6 is 0 Å². The molecule has 0 radical (unpaired) electrons. The summed E-state index contributed by atoms with van der Waals surface area (Å²) >= 11 is 0. The second-order valence-corrected chi connectivity index (χ2v) is 9.35. The number of nitrogens with zero attached hydrogens (tertiary/aromatic N) is 3. The highest BCUT2D eigenvalue weighted by molar-refractivity contribution is 7.89. The van der Waals surface area contributed by atoms with Crippen molar-refractivity contribution in [3.8, 4) is 5.69 Å². The van der Waals surface area contributed by atoms with E-state index >= 15 is 0 Å². The standard InChI is InChI=1S/C22H24N4O4S/c1-16-6-8-19(9-7-16)26-21(14-17(2)24-26)23-22(27)18-4-3-5-20(15-18)31(28,29)25-10-12-30-13-11-25/h3-9,14-15H,10-13H2,1-2H3,(H,23,27). The maximum Gasteiger partial charge on any atom is 0.256 e. The van der Waals surface area contributed by atoms with Crippen LogP contribution in [0, 0.1) is 13.8 Å². The van der Waals surface area contributed by atoms with Gasteiger partial charge in [-0.2, -0.15) is 9.40 Å². The quantitative estimate of drug-likeness (QED) is 0.659.